The van der Waals surface area contributed by atoms with Crippen LogP contribution in [0.15, 0.2) is 0 Å². The van der Waals surface area contributed by atoms with Crippen LogP contribution in [0.1, 0.15) is 182 Å². The maximum atomic E-state index is 7.30. The highest BCUT2D eigenvalue weighted by atomic mass is 28.5. The van der Waals surface area contributed by atoms with E-state index in [4.69, 9.17) is 52.2 Å². The molecule has 0 aromatic carbocycles. The third kappa shape index (κ3) is 20.1. The first-order chi connectivity index (χ1) is 24.7. The molecule has 0 aliphatic carbocycles. The SMILES string of the molecule is CC[C@@H](C)O[Si](O[C@H](C)CC)(O[C@H](C)CC)O[Si](C)(O[Si](O[C@H](C)CC)(O[C@H](C)CC)O[C@@H](C)CC)O[Si](O[C@@H](C)CC)(O[C@@H](C)CC)O[C@@H](C)CC. The minimum atomic E-state index is -4.31. The average Bonchev–Trinajstić information content (AvgIpc) is 3.10. The Bertz CT molecular complexity index is 734. The predicted octanol–water partition coefficient (Wildman–Crippen LogP) is 10.2. The van der Waals surface area contributed by atoms with Crippen LogP contribution in [0.4, 0.5) is 0 Å². The second kappa shape index (κ2) is 26.4. The molecule has 16 heteroatoms. The smallest absolute Gasteiger partial charge is 0.349 e. The van der Waals surface area contributed by atoms with Crippen molar-refractivity contribution >= 4 is 35.9 Å². The average molecular weight is 833 g/mol. The van der Waals surface area contributed by atoms with E-state index in [1.807, 2.05) is 62.3 Å². The molecule has 10 atom stereocenters. The van der Waals surface area contributed by atoms with Crippen molar-refractivity contribution in [3.63, 3.8) is 0 Å². The molecule has 0 rings (SSSR count). The molecule has 0 aliphatic rings. The molecular formula is C37H84O12Si4. The molecule has 0 saturated heterocycles. The van der Waals surface area contributed by atoms with Crippen molar-refractivity contribution in [1.29, 1.82) is 0 Å². The summed E-state index contributed by atoms with van der Waals surface area (Å²) in [7, 11) is -16.8. The van der Waals surface area contributed by atoms with Gasteiger partial charge in [-0.3, -0.25) is 0 Å². The Balaban J connectivity index is 8.33. The Morgan fingerprint density at radius 3 is 0.472 bits per heavy atom. The van der Waals surface area contributed by atoms with Crippen molar-refractivity contribution in [3.8, 4) is 0 Å². The molecule has 0 radical (unpaired) electrons. The predicted molar refractivity (Wildman–Crippen MR) is 220 cm³/mol. The van der Waals surface area contributed by atoms with Gasteiger partial charge < -0.3 is 52.2 Å². The lowest BCUT2D eigenvalue weighted by molar-refractivity contribution is -0.103. The summed E-state index contributed by atoms with van der Waals surface area (Å²) in [6.07, 6.45) is 3.79. The van der Waals surface area contributed by atoms with Crippen molar-refractivity contribution in [3.05, 3.63) is 0 Å². The summed E-state index contributed by atoms with van der Waals surface area (Å²) < 4.78 is 83.1. The largest absolute Gasteiger partial charge is 0.672 e. The van der Waals surface area contributed by atoms with Gasteiger partial charge in [-0.1, -0.05) is 62.3 Å². The highest BCUT2D eigenvalue weighted by molar-refractivity contribution is 6.81. The van der Waals surface area contributed by atoms with Gasteiger partial charge in [0.2, 0.25) is 0 Å². The van der Waals surface area contributed by atoms with E-state index in [2.05, 4.69) is 62.3 Å². The molecule has 0 saturated carbocycles. The van der Waals surface area contributed by atoms with Crippen LogP contribution in [0.2, 0.25) is 6.55 Å². The van der Waals surface area contributed by atoms with Crippen molar-refractivity contribution in [2.45, 2.75) is 244 Å². The Labute approximate surface area is 331 Å². The molecule has 12 nitrogen and oxygen atoms in total. The van der Waals surface area contributed by atoms with Gasteiger partial charge in [0.25, 0.3) is 0 Å². The van der Waals surface area contributed by atoms with Crippen LogP contribution < -0.4 is 0 Å². The fourth-order valence-electron chi connectivity index (χ4n) is 4.18. The van der Waals surface area contributed by atoms with Gasteiger partial charge in [-0.15, -0.1) is 0 Å². The van der Waals surface area contributed by atoms with Crippen molar-refractivity contribution in [2.24, 2.45) is 0 Å². The molecule has 0 spiro atoms. The first-order valence-corrected chi connectivity index (χ1v) is 28.0. The minimum absolute atomic E-state index is 0.273. The van der Waals surface area contributed by atoms with E-state index >= 15 is 0 Å². The van der Waals surface area contributed by atoms with Crippen LogP contribution >= 0.6 is 0 Å². The molecular weight excluding hydrogens is 749 g/mol. The molecule has 0 aromatic heterocycles. The minimum Gasteiger partial charge on any atom is -0.349 e. The topological polar surface area (TPSA) is 111 Å². The van der Waals surface area contributed by atoms with E-state index in [0.717, 1.165) is 0 Å². The van der Waals surface area contributed by atoms with E-state index < -0.39 is 35.9 Å². The summed E-state index contributed by atoms with van der Waals surface area (Å²) in [6.45, 7) is 38.1. The van der Waals surface area contributed by atoms with Crippen LogP contribution in [0.3, 0.4) is 0 Å². The third-order valence-corrected chi connectivity index (χ3v) is 22.9. The highest BCUT2D eigenvalue weighted by Gasteiger charge is 2.67. The number of rotatable bonds is 33. The molecule has 53 heavy (non-hydrogen) atoms. The first kappa shape index (κ1) is 53.4. The summed E-state index contributed by atoms with van der Waals surface area (Å²) >= 11 is 0. The molecule has 320 valence electrons. The van der Waals surface area contributed by atoms with Gasteiger partial charge in [0.15, 0.2) is 0 Å². The number of hydrogen-bond acceptors (Lipinski definition) is 12. The quantitative estimate of drug-likeness (QED) is 0.0587. The maximum Gasteiger partial charge on any atom is 0.672 e. The van der Waals surface area contributed by atoms with E-state index in [9.17, 15) is 0 Å². The summed E-state index contributed by atoms with van der Waals surface area (Å²) in [5.74, 6) is 0. The number of hydrogen-bond donors (Lipinski definition) is 0. The summed E-state index contributed by atoms with van der Waals surface area (Å²) in [5, 5.41) is 0. The van der Waals surface area contributed by atoms with Crippen LogP contribution in [-0.2, 0) is 52.2 Å². The zero-order valence-corrected chi connectivity index (χ0v) is 41.5. The van der Waals surface area contributed by atoms with Crippen LogP contribution in [0.25, 0.3) is 0 Å². The molecule has 0 heterocycles. The highest BCUT2D eigenvalue weighted by Crippen LogP contribution is 2.35. The van der Waals surface area contributed by atoms with Gasteiger partial charge in [-0.25, -0.2) is 0 Å². The van der Waals surface area contributed by atoms with E-state index in [-0.39, 0.29) is 54.9 Å². The summed E-state index contributed by atoms with van der Waals surface area (Å²) in [5.41, 5.74) is 0. The molecule has 1 unspecified atom stereocenters. The fraction of sp³-hybridized carbons (Fsp3) is 1.00. The summed E-state index contributed by atoms with van der Waals surface area (Å²) in [6, 6.07) is 0. The molecule has 0 aromatic rings. The third-order valence-electron chi connectivity index (χ3n) is 9.22. The van der Waals surface area contributed by atoms with Crippen molar-refractivity contribution in [2.75, 3.05) is 0 Å². The monoisotopic (exact) mass is 833 g/mol. The Hall–Kier alpha value is 0.388. The molecule has 0 amide bonds. The van der Waals surface area contributed by atoms with Crippen molar-refractivity contribution in [1.82, 2.24) is 0 Å². The lowest BCUT2D eigenvalue weighted by atomic mass is 10.3. The van der Waals surface area contributed by atoms with Crippen LogP contribution in [0.5, 0.6) is 0 Å². The summed E-state index contributed by atoms with van der Waals surface area (Å²) in [4.78, 5) is 0. The standard InChI is InChI=1S/C37H84O12Si4/c1-20-29(10)38-51(39-30(11)21-2,40-31(12)22-3)47-50(19,48-52(41-32(13)23-4,42-33(14)24-5)43-34(15)25-6)49-53(44-35(16)26-7,45-36(17)27-8)46-37(18)28-9/h29-37H,20-28H2,1-19H3/t29-,30-,31-,32-,33-,34+,35+,36+,37+,50?/m1/s1. The molecule has 0 fully saturated rings. The van der Waals surface area contributed by atoms with Crippen LogP contribution in [0, 0.1) is 0 Å². The molecule has 0 aliphatic heterocycles. The lowest BCUT2D eigenvalue weighted by Gasteiger charge is -2.45. The fourth-order valence-corrected chi connectivity index (χ4v) is 19.4. The van der Waals surface area contributed by atoms with Gasteiger partial charge in [-0.2, -0.15) is 0 Å². The van der Waals surface area contributed by atoms with E-state index in [1.54, 1.807) is 6.55 Å². The Morgan fingerprint density at radius 2 is 0.377 bits per heavy atom. The van der Waals surface area contributed by atoms with Gasteiger partial charge in [-0.05, 0) is 120 Å². The van der Waals surface area contributed by atoms with Crippen LogP contribution in [-0.4, -0.2) is 90.9 Å². The first-order valence-electron chi connectivity index (χ1n) is 20.9. The normalized spacial score (nSPS) is 19.5. The second-order valence-electron chi connectivity index (χ2n) is 14.7. The van der Waals surface area contributed by atoms with E-state index in [0.29, 0.717) is 57.8 Å². The van der Waals surface area contributed by atoms with Gasteiger partial charge >= 0.3 is 35.9 Å². The lowest BCUT2D eigenvalue weighted by Crippen LogP contribution is -2.71. The Morgan fingerprint density at radius 1 is 0.264 bits per heavy atom. The zero-order chi connectivity index (χ0) is 41.0. The Kier molecular flexibility index (Phi) is 26.6. The molecule has 0 bridgehead atoms. The maximum absolute atomic E-state index is 7.30. The van der Waals surface area contributed by atoms with Gasteiger partial charge in [0, 0.05) is 61.5 Å². The zero-order valence-electron chi connectivity index (χ0n) is 37.5. The van der Waals surface area contributed by atoms with Gasteiger partial charge in [0.1, 0.15) is 0 Å². The molecule has 0 N–H and O–H groups in total. The van der Waals surface area contributed by atoms with Gasteiger partial charge in [0.05, 0.1) is 0 Å². The van der Waals surface area contributed by atoms with Crippen molar-refractivity contribution < 1.29 is 52.2 Å². The second-order valence-corrected chi connectivity index (χ2v) is 24.0. The van der Waals surface area contributed by atoms with E-state index in [1.165, 1.54) is 0 Å².